The zero-order valence-electron chi connectivity index (χ0n) is 16.6. The van der Waals surface area contributed by atoms with Crippen molar-refractivity contribution in [2.24, 2.45) is 14.1 Å². The average molecular weight is 378 g/mol. The van der Waals surface area contributed by atoms with E-state index in [9.17, 15) is 4.79 Å². The number of piperazine rings is 1. The third-order valence-corrected chi connectivity index (χ3v) is 6.21. The maximum absolute atomic E-state index is 12.2. The molecule has 2 aromatic heterocycles. The van der Waals surface area contributed by atoms with Gasteiger partial charge in [0.05, 0.1) is 28.6 Å². The summed E-state index contributed by atoms with van der Waals surface area (Å²) in [5, 5.41) is 5.38. The molecule has 3 heterocycles. The first-order valence-corrected chi connectivity index (χ1v) is 10.1. The van der Waals surface area contributed by atoms with E-state index in [2.05, 4.69) is 32.6 Å². The molecule has 1 fully saturated rings. The third-order valence-electron chi connectivity index (χ3n) is 6.21. The molecule has 0 atom stereocenters. The first-order valence-electron chi connectivity index (χ1n) is 10.1. The van der Waals surface area contributed by atoms with Crippen LogP contribution in [-0.2, 0) is 33.5 Å². The minimum atomic E-state index is 0.00470. The lowest BCUT2D eigenvalue weighted by molar-refractivity contribution is 0.243. The highest BCUT2D eigenvalue weighted by atomic mass is 16.1. The summed E-state index contributed by atoms with van der Waals surface area (Å²) in [6.07, 6.45) is 5.16. The maximum atomic E-state index is 12.2. The van der Waals surface area contributed by atoms with Gasteiger partial charge in [-0.2, -0.15) is 5.10 Å². The summed E-state index contributed by atoms with van der Waals surface area (Å²) >= 11 is 0. The molecular weight excluding hydrogens is 352 g/mol. The van der Waals surface area contributed by atoms with E-state index >= 15 is 0 Å². The van der Waals surface area contributed by atoms with Crippen molar-refractivity contribution >= 4 is 16.6 Å². The van der Waals surface area contributed by atoms with Crippen LogP contribution in [0.15, 0.2) is 29.3 Å². The van der Waals surface area contributed by atoms with Gasteiger partial charge in [0.1, 0.15) is 0 Å². The van der Waals surface area contributed by atoms with Crippen molar-refractivity contribution in [2.75, 3.05) is 31.1 Å². The lowest BCUT2D eigenvalue weighted by Crippen LogP contribution is -2.46. The average Bonchev–Trinajstić information content (AvgIpc) is 3.27. The van der Waals surface area contributed by atoms with Crippen molar-refractivity contribution in [3.63, 3.8) is 0 Å². The highest BCUT2D eigenvalue weighted by molar-refractivity contribution is 5.81. The number of fused-ring (bicyclic) bond motifs is 2. The van der Waals surface area contributed by atoms with Crippen molar-refractivity contribution in [2.45, 2.75) is 25.8 Å². The summed E-state index contributed by atoms with van der Waals surface area (Å²) in [7, 11) is 3.82. The molecule has 1 aliphatic heterocycles. The summed E-state index contributed by atoms with van der Waals surface area (Å²) in [6, 6.07) is 6.00. The largest absolute Gasteiger partial charge is 0.369 e. The quantitative estimate of drug-likeness (QED) is 0.691. The van der Waals surface area contributed by atoms with Gasteiger partial charge in [0.15, 0.2) is 0 Å². The molecule has 28 heavy (non-hydrogen) atoms. The van der Waals surface area contributed by atoms with Crippen LogP contribution in [0.25, 0.3) is 10.9 Å². The molecule has 0 amide bonds. The molecule has 1 aliphatic carbocycles. The fraction of sp³-hybridized carbons (Fsp3) is 0.476. The smallest absolute Gasteiger partial charge is 0.260 e. The fourth-order valence-electron chi connectivity index (χ4n) is 4.56. The van der Waals surface area contributed by atoms with Crippen LogP contribution in [0, 0.1) is 0 Å². The first kappa shape index (κ1) is 17.4. The monoisotopic (exact) mass is 378 g/mol. The molecule has 7 heteroatoms. The zero-order valence-corrected chi connectivity index (χ0v) is 16.6. The highest BCUT2D eigenvalue weighted by Crippen LogP contribution is 2.26. The maximum Gasteiger partial charge on any atom is 0.260 e. The number of hydrogen-bond acceptors (Lipinski definition) is 5. The molecule has 0 unspecified atom stereocenters. The van der Waals surface area contributed by atoms with E-state index in [0.717, 1.165) is 50.3 Å². The van der Waals surface area contributed by atoms with Crippen molar-refractivity contribution in [3.05, 3.63) is 51.8 Å². The van der Waals surface area contributed by atoms with Crippen molar-refractivity contribution < 1.29 is 0 Å². The number of nitrogens with zero attached hydrogens (tertiary/aromatic N) is 6. The van der Waals surface area contributed by atoms with Gasteiger partial charge in [0.2, 0.25) is 0 Å². The lowest BCUT2D eigenvalue weighted by atomic mass is 10.1. The van der Waals surface area contributed by atoms with Crippen LogP contribution >= 0.6 is 0 Å². The molecule has 7 nitrogen and oxygen atoms in total. The van der Waals surface area contributed by atoms with E-state index < -0.39 is 0 Å². The minimum absolute atomic E-state index is 0.00470. The summed E-state index contributed by atoms with van der Waals surface area (Å²) in [6.45, 7) is 5.01. The Bertz CT molecular complexity index is 1090. The van der Waals surface area contributed by atoms with Gasteiger partial charge in [-0.25, -0.2) is 4.98 Å². The summed E-state index contributed by atoms with van der Waals surface area (Å²) < 4.78 is 3.61. The van der Waals surface area contributed by atoms with E-state index in [1.807, 2.05) is 12.1 Å². The Morgan fingerprint density at radius 2 is 1.89 bits per heavy atom. The zero-order chi connectivity index (χ0) is 19.3. The number of anilines is 1. The van der Waals surface area contributed by atoms with Crippen LogP contribution in [0.4, 0.5) is 5.69 Å². The number of aromatic nitrogens is 4. The van der Waals surface area contributed by atoms with Crippen molar-refractivity contribution in [3.8, 4) is 0 Å². The van der Waals surface area contributed by atoms with Gasteiger partial charge in [0, 0.05) is 52.5 Å². The van der Waals surface area contributed by atoms with Crippen LogP contribution in [0.3, 0.4) is 0 Å². The Labute approximate surface area is 164 Å². The van der Waals surface area contributed by atoms with E-state index in [-0.39, 0.29) is 5.56 Å². The van der Waals surface area contributed by atoms with E-state index in [1.54, 1.807) is 13.4 Å². The number of rotatable bonds is 3. The molecule has 5 rings (SSSR count). The van der Waals surface area contributed by atoms with Crippen LogP contribution in [0.1, 0.15) is 23.4 Å². The standard InChI is InChI=1S/C21H26N6O/c1-24-14-22-19-12-15(6-7-17(19)21(24)28)27-10-8-26(9-11-27)13-20-16-4-3-5-18(16)23-25(20)2/h6-7,12,14H,3-5,8-11,13H2,1-2H3. The molecule has 0 saturated carbocycles. The van der Waals surface area contributed by atoms with Crippen molar-refractivity contribution in [1.29, 1.82) is 0 Å². The van der Waals surface area contributed by atoms with Gasteiger partial charge < -0.3 is 9.47 Å². The molecule has 3 aromatic rings. The molecule has 2 aliphatic rings. The highest BCUT2D eigenvalue weighted by Gasteiger charge is 2.24. The van der Waals surface area contributed by atoms with Crippen LogP contribution < -0.4 is 10.5 Å². The molecule has 1 aromatic carbocycles. The molecule has 146 valence electrons. The normalized spacial score (nSPS) is 17.4. The number of benzene rings is 1. The number of hydrogen-bond donors (Lipinski definition) is 0. The Hall–Kier alpha value is -2.67. The number of aryl methyl sites for hydroxylation is 3. The predicted molar refractivity (Wildman–Crippen MR) is 110 cm³/mol. The third kappa shape index (κ3) is 2.90. The summed E-state index contributed by atoms with van der Waals surface area (Å²) in [5.41, 5.74) is 6.12. The van der Waals surface area contributed by atoms with Gasteiger partial charge in [-0.1, -0.05) is 0 Å². The Morgan fingerprint density at radius 3 is 2.71 bits per heavy atom. The summed E-state index contributed by atoms with van der Waals surface area (Å²) in [4.78, 5) is 21.6. The molecule has 0 bridgehead atoms. The fourth-order valence-corrected chi connectivity index (χ4v) is 4.56. The molecule has 0 N–H and O–H groups in total. The summed E-state index contributed by atoms with van der Waals surface area (Å²) in [5.74, 6) is 0. The molecule has 0 radical (unpaired) electrons. The second kappa shape index (κ2) is 6.74. The van der Waals surface area contributed by atoms with Crippen LogP contribution in [-0.4, -0.2) is 50.4 Å². The molecule has 0 spiro atoms. The minimum Gasteiger partial charge on any atom is -0.369 e. The molecular formula is C21H26N6O. The van der Waals surface area contributed by atoms with Crippen molar-refractivity contribution in [1.82, 2.24) is 24.2 Å². The molecule has 1 saturated heterocycles. The Morgan fingerprint density at radius 1 is 1.07 bits per heavy atom. The van der Waals surface area contributed by atoms with Gasteiger partial charge >= 0.3 is 0 Å². The van der Waals surface area contributed by atoms with Gasteiger partial charge in [-0.15, -0.1) is 0 Å². The van der Waals surface area contributed by atoms with Gasteiger partial charge in [-0.05, 0) is 43.0 Å². The lowest BCUT2D eigenvalue weighted by Gasteiger charge is -2.36. The van der Waals surface area contributed by atoms with Gasteiger partial charge in [-0.3, -0.25) is 14.4 Å². The predicted octanol–water partition coefficient (Wildman–Crippen LogP) is 1.48. The van der Waals surface area contributed by atoms with E-state index in [1.165, 1.54) is 34.4 Å². The van der Waals surface area contributed by atoms with Crippen LogP contribution in [0.5, 0.6) is 0 Å². The Balaban J connectivity index is 1.29. The SMILES string of the molecule is Cn1nc2c(c1CN1CCN(c3ccc4c(=O)n(C)cnc4c3)CC1)CCC2. The topological polar surface area (TPSA) is 59.2 Å². The van der Waals surface area contributed by atoms with Crippen LogP contribution in [0.2, 0.25) is 0 Å². The van der Waals surface area contributed by atoms with E-state index in [0.29, 0.717) is 5.39 Å². The van der Waals surface area contributed by atoms with Gasteiger partial charge in [0.25, 0.3) is 5.56 Å². The first-order chi connectivity index (χ1) is 13.6. The second-order valence-corrected chi connectivity index (χ2v) is 7.97. The Kier molecular flexibility index (Phi) is 4.19. The second-order valence-electron chi connectivity index (χ2n) is 7.97. The van der Waals surface area contributed by atoms with E-state index in [4.69, 9.17) is 5.10 Å².